The molecular weight excluding hydrogens is 262 g/mol. The maximum Gasteiger partial charge on any atom is 0.168 e. The minimum Gasteiger partial charge on any atom is -0.326 e. The number of carbonyl (C=O) groups excluding carboxylic acids is 1. The van der Waals surface area contributed by atoms with Gasteiger partial charge in [-0.1, -0.05) is 37.1 Å². The summed E-state index contributed by atoms with van der Waals surface area (Å²) in [6.45, 7) is 0.500. The van der Waals surface area contributed by atoms with E-state index in [9.17, 15) is 4.79 Å². The molecule has 1 saturated carbocycles. The summed E-state index contributed by atoms with van der Waals surface area (Å²) in [6.07, 6.45) is 7.35. The molecule has 3 rings (SSSR count). The second kappa shape index (κ2) is 6.22. The average Bonchev–Trinajstić information content (AvgIpc) is 3.18. The molecule has 0 unspecified atom stereocenters. The van der Waals surface area contributed by atoms with Crippen molar-refractivity contribution in [2.75, 3.05) is 0 Å². The number of hydrogen-bond acceptors (Lipinski definition) is 3. The summed E-state index contributed by atoms with van der Waals surface area (Å²) < 4.78 is 2.03. The molecule has 4 heteroatoms. The molecule has 0 radical (unpaired) electrons. The molecular formula is C17H21N3O. The Labute approximate surface area is 125 Å². The van der Waals surface area contributed by atoms with Crippen molar-refractivity contribution in [1.29, 1.82) is 0 Å². The van der Waals surface area contributed by atoms with Crippen molar-refractivity contribution in [1.82, 2.24) is 9.78 Å². The standard InChI is InChI=1S/C17H21N3O/c18-12-13-5-7-14(8-6-13)17(21)11-15-9-10-20(19-15)16-3-1-2-4-16/h5-10,16H,1-4,11-12,18H2. The van der Waals surface area contributed by atoms with Gasteiger partial charge in [0.2, 0.25) is 0 Å². The molecule has 0 bridgehead atoms. The van der Waals surface area contributed by atoms with Gasteiger partial charge in [0.1, 0.15) is 0 Å². The van der Waals surface area contributed by atoms with Gasteiger partial charge in [0.25, 0.3) is 0 Å². The van der Waals surface area contributed by atoms with Gasteiger partial charge in [-0.15, -0.1) is 0 Å². The monoisotopic (exact) mass is 283 g/mol. The molecule has 1 aromatic carbocycles. The van der Waals surface area contributed by atoms with Crippen LogP contribution in [0.4, 0.5) is 0 Å². The molecule has 0 atom stereocenters. The van der Waals surface area contributed by atoms with E-state index in [0.29, 0.717) is 19.0 Å². The van der Waals surface area contributed by atoms with Crippen LogP contribution in [0.25, 0.3) is 0 Å². The summed E-state index contributed by atoms with van der Waals surface area (Å²) >= 11 is 0. The van der Waals surface area contributed by atoms with Gasteiger partial charge in [-0.05, 0) is 24.5 Å². The Hall–Kier alpha value is -1.94. The molecule has 1 aromatic heterocycles. The highest BCUT2D eigenvalue weighted by molar-refractivity contribution is 5.97. The van der Waals surface area contributed by atoms with Crippen LogP contribution < -0.4 is 5.73 Å². The zero-order valence-corrected chi connectivity index (χ0v) is 12.2. The van der Waals surface area contributed by atoms with E-state index in [2.05, 4.69) is 5.10 Å². The Morgan fingerprint density at radius 2 is 1.90 bits per heavy atom. The zero-order chi connectivity index (χ0) is 14.7. The predicted octanol–water partition coefficient (Wildman–Crippen LogP) is 2.88. The van der Waals surface area contributed by atoms with Gasteiger partial charge in [0.15, 0.2) is 5.78 Å². The van der Waals surface area contributed by atoms with Crippen molar-refractivity contribution in [2.45, 2.75) is 44.7 Å². The Morgan fingerprint density at radius 3 is 2.57 bits per heavy atom. The fraction of sp³-hybridized carbons (Fsp3) is 0.412. The van der Waals surface area contributed by atoms with Crippen LogP contribution in [0.2, 0.25) is 0 Å². The SMILES string of the molecule is NCc1ccc(C(=O)Cc2ccn(C3CCCC3)n2)cc1. The summed E-state index contributed by atoms with van der Waals surface area (Å²) in [5, 5.41) is 4.57. The topological polar surface area (TPSA) is 60.9 Å². The normalized spacial score (nSPS) is 15.5. The van der Waals surface area contributed by atoms with Gasteiger partial charge >= 0.3 is 0 Å². The van der Waals surface area contributed by atoms with Crippen LogP contribution in [-0.4, -0.2) is 15.6 Å². The maximum atomic E-state index is 12.3. The maximum absolute atomic E-state index is 12.3. The highest BCUT2D eigenvalue weighted by Crippen LogP contribution is 2.28. The minimum atomic E-state index is 0.107. The molecule has 0 saturated heterocycles. The second-order valence-corrected chi connectivity index (χ2v) is 5.73. The zero-order valence-electron chi connectivity index (χ0n) is 12.2. The van der Waals surface area contributed by atoms with Crippen molar-refractivity contribution < 1.29 is 4.79 Å². The van der Waals surface area contributed by atoms with Crippen LogP contribution >= 0.6 is 0 Å². The highest BCUT2D eigenvalue weighted by atomic mass is 16.1. The molecule has 4 nitrogen and oxygen atoms in total. The van der Waals surface area contributed by atoms with Crippen molar-refractivity contribution in [3.63, 3.8) is 0 Å². The first-order chi connectivity index (χ1) is 10.3. The summed E-state index contributed by atoms with van der Waals surface area (Å²) in [5.41, 5.74) is 8.18. The molecule has 1 heterocycles. The van der Waals surface area contributed by atoms with E-state index < -0.39 is 0 Å². The molecule has 1 aliphatic carbocycles. The van der Waals surface area contributed by atoms with Gasteiger partial charge in [0, 0.05) is 18.3 Å². The molecule has 1 aliphatic rings. The Balaban J connectivity index is 1.66. The summed E-state index contributed by atoms with van der Waals surface area (Å²) in [4.78, 5) is 12.3. The Bertz CT molecular complexity index is 609. The Kier molecular flexibility index (Phi) is 4.15. The molecule has 0 amide bonds. The number of nitrogens with two attached hydrogens (primary N) is 1. The van der Waals surface area contributed by atoms with Crippen molar-refractivity contribution in [2.24, 2.45) is 5.73 Å². The fourth-order valence-corrected chi connectivity index (χ4v) is 2.94. The summed E-state index contributed by atoms with van der Waals surface area (Å²) in [6, 6.07) is 9.99. The number of ketones is 1. The summed E-state index contributed by atoms with van der Waals surface area (Å²) in [5.74, 6) is 0.107. The first kappa shape index (κ1) is 14.0. The van der Waals surface area contributed by atoms with E-state index >= 15 is 0 Å². The van der Waals surface area contributed by atoms with Crippen LogP contribution in [0.1, 0.15) is 53.3 Å². The number of benzene rings is 1. The predicted molar refractivity (Wildman–Crippen MR) is 82.1 cm³/mol. The minimum absolute atomic E-state index is 0.107. The van der Waals surface area contributed by atoms with Crippen LogP contribution in [-0.2, 0) is 13.0 Å². The van der Waals surface area contributed by atoms with Crippen molar-refractivity contribution >= 4 is 5.78 Å². The van der Waals surface area contributed by atoms with Gasteiger partial charge in [-0.25, -0.2) is 0 Å². The van der Waals surface area contributed by atoms with E-state index in [4.69, 9.17) is 5.73 Å². The van der Waals surface area contributed by atoms with Crippen molar-refractivity contribution in [3.8, 4) is 0 Å². The second-order valence-electron chi connectivity index (χ2n) is 5.73. The molecule has 21 heavy (non-hydrogen) atoms. The van der Waals surface area contributed by atoms with Gasteiger partial charge in [-0.2, -0.15) is 5.10 Å². The molecule has 0 aliphatic heterocycles. The van der Waals surface area contributed by atoms with Gasteiger partial charge in [0.05, 0.1) is 18.2 Å². The smallest absolute Gasteiger partial charge is 0.168 e. The van der Waals surface area contributed by atoms with E-state index in [0.717, 1.165) is 16.8 Å². The van der Waals surface area contributed by atoms with E-state index in [1.807, 2.05) is 41.2 Å². The van der Waals surface area contributed by atoms with E-state index in [1.54, 1.807) is 0 Å². The lowest BCUT2D eigenvalue weighted by atomic mass is 10.0. The fourth-order valence-electron chi connectivity index (χ4n) is 2.94. The largest absolute Gasteiger partial charge is 0.326 e. The highest BCUT2D eigenvalue weighted by Gasteiger charge is 2.18. The first-order valence-electron chi connectivity index (χ1n) is 7.62. The lowest BCUT2D eigenvalue weighted by molar-refractivity contribution is 0.0991. The van der Waals surface area contributed by atoms with E-state index in [1.165, 1.54) is 25.7 Å². The number of hydrogen-bond donors (Lipinski definition) is 1. The summed E-state index contributed by atoms with van der Waals surface area (Å²) in [7, 11) is 0. The molecule has 2 N–H and O–H groups in total. The lowest BCUT2D eigenvalue weighted by Gasteiger charge is -2.08. The first-order valence-corrected chi connectivity index (χ1v) is 7.62. The average molecular weight is 283 g/mol. The van der Waals surface area contributed by atoms with Gasteiger partial charge < -0.3 is 5.73 Å². The van der Waals surface area contributed by atoms with Crippen molar-refractivity contribution in [3.05, 3.63) is 53.3 Å². The van der Waals surface area contributed by atoms with Gasteiger partial charge in [-0.3, -0.25) is 9.48 Å². The molecule has 2 aromatic rings. The third-order valence-electron chi connectivity index (χ3n) is 4.22. The molecule has 0 spiro atoms. The van der Waals surface area contributed by atoms with Crippen LogP contribution in [0, 0.1) is 0 Å². The number of Topliss-reactive ketones (excluding diaryl/α,β-unsaturated/α-hetero) is 1. The third kappa shape index (κ3) is 3.22. The van der Waals surface area contributed by atoms with Crippen LogP contribution in [0.15, 0.2) is 36.5 Å². The number of rotatable bonds is 5. The molecule has 110 valence electrons. The Morgan fingerprint density at radius 1 is 1.19 bits per heavy atom. The number of aromatic nitrogens is 2. The van der Waals surface area contributed by atoms with Crippen LogP contribution in [0.3, 0.4) is 0 Å². The molecule has 1 fully saturated rings. The third-order valence-corrected chi connectivity index (χ3v) is 4.22. The van der Waals surface area contributed by atoms with E-state index in [-0.39, 0.29) is 5.78 Å². The number of carbonyl (C=O) groups is 1. The number of nitrogens with zero attached hydrogens (tertiary/aromatic N) is 2. The quantitative estimate of drug-likeness (QED) is 0.858. The van der Waals surface area contributed by atoms with Crippen LogP contribution in [0.5, 0.6) is 0 Å². The lowest BCUT2D eigenvalue weighted by Crippen LogP contribution is -2.08.